The van der Waals surface area contributed by atoms with E-state index in [4.69, 9.17) is 9.72 Å². The van der Waals surface area contributed by atoms with Crippen LogP contribution in [0.25, 0.3) is 11.0 Å². The van der Waals surface area contributed by atoms with Gasteiger partial charge in [-0.2, -0.15) is 0 Å². The maximum absolute atomic E-state index is 5.81. The van der Waals surface area contributed by atoms with Gasteiger partial charge in [-0.05, 0) is 24.5 Å². The lowest BCUT2D eigenvalue weighted by atomic mass is 10.0. The highest BCUT2D eigenvalue weighted by molar-refractivity contribution is 5.85. The molecule has 20 heavy (non-hydrogen) atoms. The molecule has 1 unspecified atom stereocenters. The third kappa shape index (κ3) is 2.32. The minimum Gasteiger partial charge on any atom is -0.375 e. The highest BCUT2D eigenvalue weighted by atomic mass is 35.5. The summed E-state index contributed by atoms with van der Waals surface area (Å²) in [5.41, 5.74) is 3.95. The number of aromatic nitrogens is 2. The summed E-state index contributed by atoms with van der Waals surface area (Å²) < 4.78 is 8.22. The van der Waals surface area contributed by atoms with Crippen molar-refractivity contribution in [2.24, 2.45) is 0 Å². The van der Waals surface area contributed by atoms with E-state index in [1.165, 1.54) is 29.7 Å². The van der Waals surface area contributed by atoms with E-state index < -0.39 is 0 Å². The lowest BCUT2D eigenvalue weighted by Crippen LogP contribution is -2.40. The van der Waals surface area contributed by atoms with E-state index in [2.05, 4.69) is 28.1 Å². The summed E-state index contributed by atoms with van der Waals surface area (Å²) >= 11 is 0. The van der Waals surface area contributed by atoms with Crippen LogP contribution in [0, 0.1) is 0 Å². The van der Waals surface area contributed by atoms with Crippen LogP contribution >= 0.6 is 12.4 Å². The van der Waals surface area contributed by atoms with Crippen LogP contribution in [0.3, 0.4) is 0 Å². The lowest BCUT2D eigenvalue weighted by molar-refractivity contribution is 0.0276. The molecule has 0 bridgehead atoms. The van der Waals surface area contributed by atoms with E-state index in [1.54, 1.807) is 0 Å². The zero-order chi connectivity index (χ0) is 12.7. The van der Waals surface area contributed by atoms with Gasteiger partial charge in [0.2, 0.25) is 0 Å². The van der Waals surface area contributed by atoms with Crippen molar-refractivity contribution >= 4 is 23.4 Å². The molecule has 108 valence electrons. The molecule has 1 fully saturated rings. The van der Waals surface area contributed by atoms with E-state index in [9.17, 15) is 0 Å². The number of aryl methyl sites for hydroxylation is 2. The van der Waals surface area contributed by atoms with Crippen LogP contribution in [0.4, 0.5) is 0 Å². The number of para-hydroxylation sites is 1. The molecular formula is C15H20ClN3O. The summed E-state index contributed by atoms with van der Waals surface area (Å²) in [4.78, 5) is 4.83. The predicted octanol–water partition coefficient (Wildman–Crippen LogP) is 1.94. The second kappa shape index (κ2) is 5.72. The normalized spacial score (nSPS) is 21.7. The molecule has 1 saturated heterocycles. The average molecular weight is 294 g/mol. The Morgan fingerprint density at radius 2 is 2.35 bits per heavy atom. The molecule has 1 N–H and O–H groups in total. The summed E-state index contributed by atoms with van der Waals surface area (Å²) in [6.45, 7) is 3.83. The Labute approximate surface area is 124 Å². The smallest absolute Gasteiger partial charge is 0.112 e. The predicted molar refractivity (Wildman–Crippen MR) is 81.6 cm³/mol. The van der Waals surface area contributed by atoms with Gasteiger partial charge in [0.25, 0.3) is 0 Å². The van der Waals surface area contributed by atoms with Crippen molar-refractivity contribution in [3.8, 4) is 0 Å². The second-order valence-corrected chi connectivity index (χ2v) is 5.47. The number of benzene rings is 1. The number of nitrogens with one attached hydrogen (secondary N) is 1. The molecule has 3 heterocycles. The fourth-order valence-electron chi connectivity index (χ4n) is 3.29. The van der Waals surface area contributed by atoms with Crippen LogP contribution in [0.15, 0.2) is 18.2 Å². The van der Waals surface area contributed by atoms with Crippen molar-refractivity contribution in [3.05, 3.63) is 29.6 Å². The number of nitrogens with zero attached hydrogens (tertiary/aromatic N) is 2. The first kappa shape index (κ1) is 13.9. The average Bonchev–Trinajstić information content (AvgIpc) is 2.81. The minimum absolute atomic E-state index is 0. The molecular weight excluding hydrogens is 274 g/mol. The maximum Gasteiger partial charge on any atom is 0.112 e. The quantitative estimate of drug-likeness (QED) is 0.920. The molecule has 0 amide bonds. The van der Waals surface area contributed by atoms with Gasteiger partial charge >= 0.3 is 0 Å². The number of imidazole rings is 1. The number of rotatable bonds is 2. The first-order valence-electron chi connectivity index (χ1n) is 7.21. The topological polar surface area (TPSA) is 39.1 Å². The van der Waals surface area contributed by atoms with E-state index in [-0.39, 0.29) is 18.5 Å². The van der Waals surface area contributed by atoms with Crippen molar-refractivity contribution in [3.63, 3.8) is 0 Å². The Bertz CT molecular complexity index is 604. The van der Waals surface area contributed by atoms with Crippen LogP contribution in [0.5, 0.6) is 0 Å². The van der Waals surface area contributed by atoms with Crippen molar-refractivity contribution in [2.75, 3.05) is 19.7 Å². The van der Waals surface area contributed by atoms with Crippen LogP contribution in [0.1, 0.15) is 17.8 Å². The van der Waals surface area contributed by atoms with Gasteiger partial charge in [-0.3, -0.25) is 0 Å². The third-order valence-corrected chi connectivity index (χ3v) is 4.17. The van der Waals surface area contributed by atoms with Crippen molar-refractivity contribution in [1.82, 2.24) is 14.9 Å². The van der Waals surface area contributed by atoms with Gasteiger partial charge in [0.15, 0.2) is 0 Å². The molecule has 0 aliphatic carbocycles. The lowest BCUT2D eigenvalue weighted by Gasteiger charge is -2.24. The number of morpholine rings is 1. The van der Waals surface area contributed by atoms with E-state index in [1.807, 2.05) is 0 Å². The number of hydrogen-bond acceptors (Lipinski definition) is 3. The maximum atomic E-state index is 5.81. The third-order valence-electron chi connectivity index (χ3n) is 4.17. The zero-order valence-electron chi connectivity index (χ0n) is 11.5. The molecule has 4 rings (SSSR count). The zero-order valence-corrected chi connectivity index (χ0v) is 12.3. The van der Waals surface area contributed by atoms with Gasteiger partial charge in [0.1, 0.15) is 5.82 Å². The standard InChI is InChI=1S/C15H19N3O.ClH/c1-3-11-4-2-7-18-14(17-13(5-1)15(11)18)9-12-10-16-6-8-19-12;/h1,3,5,12,16H,2,4,6-10H2;1H. The van der Waals surface area contributed by atoms with Gasteiger partial charge < -0.3 is 14.6 Å². The Morgan fingerprint density at radius 1 is 1.40 bits per heavy atom. The van der Waals surface area contributed by atoms with Gasteiger partial charge in [-0.15, -0.1) is 12.4 Å². The van der Waals surface area contributed by atoms with Crippen molar-refractivity contribution in [1.29, 1.82) is 0 Å². The number of ether oxygens (including phenoxy) is 1. The molecule has 4 nitrogen and oxygen atoms in total. The molecule has 2 aliphatic rings. The second-order valence-electron chi connectivity index (χ2n) is 5.47. The van der Waals surface area contributed by atoms with Gasteiger partial charge in [-0.25, -0.2) is 4.98 Å². The Morgan fingerprint density at radius 3 is 3.20 bits per heavy atom. The summed E-state index contributed by atoms with van der Waals surface area (Å²) in [6, 6.07) is 6.50. The molecule has 2 aromatic rings. The van der Waals surface area contributed by atoms with E-state index in [0.717, 1.165) is 38.2 Å². The fourth-order valence-corrected chi connectivity index (χ4v) is 3.29. The van der Waals surface area contributed by atoms with Gasteiger partial charge in [0.05, 0.1) is 23.7 Å². The monoisotopic (exact) mass is 293 g/mol. The Kier molecular flexibility index (Phi) is 3.96. The fraction of sp³-hybridized carbons (Fsp3) is 0.533. The first-order chi connectivity index (χ1) is 9.42. The Balaban J connectivity index is 0.00000121. The van der Waals surface area contributed by atoms with Crippen LogP contribution < -0.4 is 5.32 Å². The van der Waals surface area contributed by atoms with E-state index in [0.29, 0.717) is 0 Å². The van der Waals surface area contributed by atoms with Gasteiger partial charge in [-0.1, -0.05) is 12.1 Å². The highest BCUT2D eigenvalue weighted by Crippen LogP contribution is 2.27. The number of hydrogen-bond donors (Lipinski definition) is 1. The van der Waals surface area contributed by atoms with Crippen LogP contribution in [0.2, 0.25) is 0 Å². The molecule has 2 aliphatic heterocycles. The Hall–Kier alpha value is -1.10. The SMILES string of the molecule is Cl.c1cc2c3c(c1)nc(CC1CNCCO1)n3CCC2. The molecule has 1 atom stereocenters. The highest BCUT2D eigenvalue weighted by Gasteiger charge is 2.21. The molecule has 1 aromatic carbocycles. The van der Waals surface area contributed by atoms with Crippen LogP contribution in [-0.2, 0) is 24.1 Å². The summed E-state index contributed by atoms with van der Waals surface area (Å²) in [6.07, 6.45) is 3.59. The number of halogens is 1. The molecule has 0 saturated carbocycles. The first-order valence-corrected chi connectivity index (χ1v) is 7.21. The summed E-state index contributed by atoms with van der Waals surface area (Å²) in [5, 5.41) is 3.39. The summed E-state index contributed by atoms with van der Waals surface area (Å²) in [5.74, 6) is 1.19. The molecule has 5 heteroatoms. The van der Waals surface area contributed by atoms with Crippen molar-refractivity contribution in [2.45, 2.75) is 31.9 Å². The summed E-state index contributed by atoms with van der Waals surface area (Å²) in [7, 11) is 0. The minimum atomic E-state index is 0. The van der Waals surface area contributed by atoms with Gasteiger partial charge in [0, 0.05) is 26.1 Å². The molecule has 0 spiro atoms. The van der Waals surface area contributed by atoms with Crippen LogP contribution in [-0.4, -0.2) is 35.4 Å². The van der Waals surface area contributed by atoms with Crippen molar-refractivity contribution < 1.29 is 4.74 Å². The largest absolute Gasteiger partial charge is 0.375 e. The molecule has 0 radical (unpaired) electrons. The van der Waals surface area contributed by atoms with E-state index >= 15 is 0 Å². The molecule has 1 aromatic heterocycles.